The van der Waals surface area contributed by atoms with Gasteiger partial charge in [0.15, 0.2) is 0 Å². The van der Waals surface area contributed by atoms with E-state index in [1.165, 1.54) is 0 Å². The molecule has 2 N–H and O–H groups in total. The molecule has 0 saturated carbocycles. The molecule has 4 nitrogen and oxygen atoms in total. The summed E-state index contributed by atoms with van der Waals surface area (Å²) in [5.41, 5.74) is 0.256. The van der Waals surface area contributed by atoms with Gasteiger partial charge in [-0.3, -0.25) is 4.79 Å². The van der Waals surface area contributed by atoms with Gasteiger partial charge in [0.05, 0.1) is 6.10 Å². The maximum absolute atomic E-state index is 11.9. The molecule has 2 aromatic rings. The third-order valence-electron chi connectivity index (χ3n) is 2.90. The highest BCUT2D eigenvalue weighted by atomic mass is 35.5. The fourth-order valence-electron chi connectivity index (χ4n) is 1.72. The van der Waals surface area contributed by atoms with E-state index in [2.05, 4.69) is 10.3 Å². The first-order valence-electron chi connectivity index (χ1n) is 6.13. The zero-order valence-corrected chi connectivity index (χ0v) is 11.3. The van der Waals surface area contributed by atoms with E-state index in [0.717, 1.165) is 10.8 Å². The van der Waals surface area contributed by atoms with E-state index < -0.39 is 6.10 Å². The van der Waals surface area contributed by atoms with Gasteiger partial charge in [-0.25, -0.2) is 4.98 Å². The van der Waals surface area contributed by atoms with Crippen molar-refractivity contribution in [3.05, 3.63) is 41.2 Å². The van der Waals surface area contributed by atoms with Crippen LogP contribution >= 0.6 is 11.6 Å². The number of carbonyl (C=O) groups is 1. The lowest BCUT2D eigenvalue weighted by Crippen LogP contribution is -2.32. The van der Waals surface area contributed by atoms with E-state index >= 15 is 0 Å². The van der Waals surface area contributed by atoms with Gasteiger partial charge in [0.25, 0.3) is 5.91 Å². The minimum Gasteiger partial charge on any atom is -0.391 e. The molecule has 1 aromatic heterocycles. The average molecular weight is 279 g/mol. The molecule has 1 unspecified atom stereocenters. The molecule has 0 saturated heterocycles. The molecule has 100 valence electrons. The quantitative estimate of drug-likeness (QED) is 0.844. The van der Waals surface area contributed by atoms with Gasteiger partial charge in [-0.1, -0.05) is 42.8 Å². The predicted molar refractivity (Wildman–Crippen MR) is 75.4 cm³/mol. The zero-order chi connectivity index (χ0) is 13.8. The Kier molecular flexibility index (Phi) is 4.35. The van der Waals surface area contributed by atoms with E-state index in [1.54, 1.807) is 6.07 Å². The third kappa shape index (κ3) is 3.22. The molecule has 1 amide bonds. The predicted octanol–water partition coefficient (Wildman–Crippen LogP) is 2.39. The number of nitrogens with one attached hydrogen (secondary N) is 1. The van der Waals surface area contributed by atoms with Crippen LogP contribution in [0.4, 0.5) is 0 Å². The lowest BCUT2D eigenvalue weighted by Gasteiger charge is -2.10. The van der Waals surface area contributed by atoms with E-state index in [4.69, 9.17) is 11.6 Å². The van der Waals surface area contributed by atoms with E-state index in [1.807, 2.05) is 31.2 Å². The summed E-state index contributed by atoms with van der Waals surface area (Å²) in [6.07, 6.45) is 0.0477. The summed E-state index contributed by atoms with van der Waals surface area (Å²) in [6.45, 7) is 2.06. The number of aromatic nitrogens is 1. The van der Waals surface area contributed by atoms with Crippen LogP contribution in [-0.2, 0) is 0 Å². The van der Waals surface area contributed by atoms with Crippen molar-refractivity contribution in [3.8, 4) is 0 Å². The number of benzene rings is 1. The molecule has 1 aromatic carbocycles. The molecule has 1 atom stereocenters. The van der Waals surface area contributed by atoms with Crippen molar-refractivity contribution in [2.45, 2.75) is 19.4 Å². The van der Waals surface area contributed by atoms with Crippen LogP contribution in [0.5, 0.6) is 0 Å². The van der Waals surface area contributed by atoms with Crippen LogP contribution in [0.2, 0.25) is 5.15 Å². The van der Waals surface area contributed by atoms with Crippen molar-refractivity contribution in [3.63, 3.8) is 0 Å². The van der Waals surface area contributed by atoms with Gasteiger partial charge in [0, 0.05) is 11.9 Å². The number of aliphatic hydroxyl groups is 1. The van der Waals surface area contributed by atoms with Crippen molar-refractivity contribution in [2.24, 2.45) is 0 Å². The summed E-state index contributed by atoms with van der Waals surface area (Å²) in [6, 6.07) is 9.16. The molecule has 1 heterocycles. The maximum Gasteiger partial charge on any atom is 0.270 e. The molecule has 0 bridgehead atoms. The molecule has 5 heteroatoms. The lowest BCUT2D eigenvalue weighted by atomic mass is 10.1. The minimum atomic E-state index is -0.542. The Labute approximate surface area is 116 Å². The van der Waals surface area contributed by atoms with Crippen molar-refractivity contribution >= 4 is 28.3 Å². The molecule has 2 rings (SSSR count). The fraction of sp³-hybridized carbons (Fsp3) is 0.286. The van der Waals surface area contributed by atoms with Crippen molar-refractivity contribution in [2.75, 3.05) is 6.54 Å². The highest BCUT2D eigenvalue weighted by Crippen LogP contribution is 2.22. The van der Waals surface area contributed by atoms with E-state index in [-0.39, 0.29) is 18.1 Å². The van der Waals surface area contributed by atoms with Crippen LogP contribution in [-0.4, -0.2) is 28.6 Å². The highest BCUT2D eigenvalue weighted by molar-refractivity contribution is 6.34. The zero-order valence-electron chi connectivity index (χ0n) is 10.6. The Morgan fingerprint density at radius 3 is 2.95 bits per heavy atom. The second-order valence-electron chi connectivity index (χ2n) is 4.29. The first-order chi connectivity index (χ1) is 9.11. The van der Waals surface area contributed by atoms with Gasteiger partial charge in [-0.05, 0) is 17.9 Å². The van der Waals surface area contributed by atoms with Gasteiger partial charge < -0.3 is 10.4 Å². The van der Waals surface area contributed by atoms with Crippen LogP contribution in [0.15, 0.2) is 30.3 Å². The van der Waals surface area contributed by atoms with Crippen LogP contribution in [0.25, 0.3) is 10.8 Å². The van der Waals surface area contributed by atoms with Crippen molar-refractivity contribution < 1.29 is 9.90 Å². The molecule has 0 spiro atoms. The Morgan fingerprint density at radius 1 is 1.47 bits per heavy atom. The van der Waals surface area contributed by atoms with Gasteiger partial charge in [0.1, 0.15) is 10.8 Å². The largest absolute Gasteiger partial charge is 0.391 e. The van der Waals surface area contributed by atoms with Crippen molar-refractivity contribution in [1.82, 2.24) is 10.3 Å². The monoisotopic (exact) mass is 278 g/mol. The molecule has 0 radical (unpaired) electrons. The molecular formula is C14H15ClN2O2. The summed E-state index contributed by atoms with van der Waals surface area (Å²) < 4.78 is 0. The van der Waals surface area contributed by atoms with E-state index in [0.29, 0.717) is 11.6 Å². The maximum atomic E-state index is 11.9. The second kappa shape index (κ2) is 5.99. The SMILES string of the molecule is CCC(O)CNC(=O)c1cc2ccccc2c(Cl)n1. The summed E-state index contributed by atoms with van der Waals surface area (Å²) in [4.78, 5) is 16.0. The van der Waals surface area contributed by atoms with Crippen LogP contribution in [0, 0.1) is 0 Å². The topological polar surface area (TPSA) is 62.2 Å². The van der Waals surface area contributed by atoms with Crippen LogP contribution in [0.3, 0.4) is 0 Å². The van der Waals surface area contributed by atoms with Gasteiger partial charge in [-0.15, -0.1) is 0 Å². The standard InChI is InChI=1S/C14H15ClN2O2/c1-2-10(18)8-16-14(19)12-7-9-5-3-4-6-11(9)13(15)17-12/h3-7,10,18H,2,8H2,1H3,(H,16,19). The lowest BCUT2D eigenvalue weighted by molar-refractivity contribution is 0.0909. The van der Waals surface area contributed by atoms with Crippen LogP contribution in [0.1, 0.15) is 23.8 Å². The molecule has 0 aliphatic rings. The average Bonchev–Trinajstić information content (AvgIpc) is 2.44. The number of hydrogen-bond donors (Lipinski definition) is 2. The highest BCUT2D eigenvalue weighted by Gasteiger charge is 2.12. The second-order valence-corrected chi connectivity index (χ2v) is 4.65. The number of pyridine rings is 1. The first kappa shape index (κ1) is 13.8. The summed E-state index contributed by atoms with van der Waals surface area (Å²) >= 11 is 6.06. The Morgan fingerprint density at radius 2 is 2.21 bits per heavy atom. The number of aliphatic hydroxyl groups excluding tert-OH is 1. The number of hydrogen-bond acceptors (Lipinski definition) is 3. The number of nitrogens with zero attached hydrogens (tertiary/aromatic N) is 1. The summed E-state index contributed by atoms with van der Waals surface area (Å²) in [7, 11) is 0. The smallest absolute Gasteiger partial charge is 0.270 e. The fourth-order valence-corrected chi connectivity index (χ4v) is 1.98. The normalized spacial score (nSPS) is 12.4. The third-order valence-corrected chi connectivity index (χ3v) is 3.18. The Hall–Kier alpha value is -1.65. The van der Waals surface area contributed by atoms with Gasteiger partial charge in [-0.2, -0.15) is 0 Å². The molecule has 19 heavy (non-hydrogen) atoms. The number of rotatable bonds is 4. The number of amides is 1. The summed E-state index contributed by atoms with van der Waals surface area (Å²) in [5, 5.41) is 14.0. The molecule has 0 fully saturated rings. The van der Waals surface area contributed by atoms with E-state index in [9.17, 15) is 9.90 Å². The number of halogens is 1. The molecule has 0 aliphatic carbocycles. The first-order valence-corrected chi connectivity index (χ1v) is 6.51. The number of carbonyl (C=O) groups excluding carboxylic acids is 1. The van der Waals surface area contributed by atoms with Gasteiger partial charge >= 0.3 is 0 Å². The van der Waals surface area contributed by atoms with Crippen LogP contribution < -0.4 is 5.32 Å². The number of fused-ring (bicyclic) bond motifs is 1. The Bertz CT molecular complexity index is 601. The van der Waals surface area contributed by atoms with Crippen molar-refractivity contribution in [1.29, 1.82) is 0 Å². The Balaban J connectivity index is 2.23. The van der Waals surface area contributed by atoms with Gasteiger partial charge in [0.2, 0.25) is 0 Å². The summed E-state index contributed by atoms with van der Waals surface area (Å²) in [5.74, 6) is -0.333. The minimum absolute atomic E-state index is 0.210. The molecular weight excluding hydrogens is 264 g/mol. The molecule has 0 aliphatic heterocycles.